The highest BCUT2D eigenvalue weighted by Gasteiger charge is 2.17. The highest BCUT2D eigenvalue weighted by molar-refractivity contribution is 14.1. The molecule has 5 nitrogen and oxygen atoms in total. The molecule has 108 valence electrons. The van der Waals surface area contributed by atoms with Crippen molar-refractivity contribution in [1.82, 2.24) is 0 Å². The molecule has 2 rings (SSSR count). The Morgan fingerprint density at radius 2 is 1.62 bits per heavy atom. The van der Waals surface area contributed by atoms with Crippen LogP contribution in [0.25, 0.3) is 0 Å². The molecule has 0 heterocycles. The van der Waals surface area contributed by atoms with E-state index in [0.717, 1.165) is 9.64 Å². The van der Waals surface area contributed by atoms with E-state index in [1.165, 1.54) is 12.1 Å². The third-order valence-corrected chi connectivity index (χ3v) is 3.54. The summed E-state index contributed by atoms with van der Waals surface area (Å²) in [6, 6.07) is 10.1. The number of anilines is 2. The van der Waals surface area contributed by atoms with Gasteiger partial charge in [-0.05, 0) is 46.9 Å². The maximum absolute atomic E-state index is 13.5. The van der Waals surface area contributed by atoms with Gasteiger partial charge in [-0.1, -0.05) is 18.2 Å². The minimum Gasteiger partial charge on any atom is -0.478 e. The smallest absolute Gasteiger partial charge is 0.340 e. The first kappa shape index (κ1) is 15.2. The second kappa shape index (κ2) is 6.53. The number of urea groups is 1. The zero-order valence-corrected chi connectivity index (χ0v) is 12.7. The molecule has 0 aliphatic rings. The molecule has 7 heteroatoms. The van der Waals surface area contributed by atoms with Crippen LogP contribution in [0.3, 0.4) is 0 Å². The standard InChI is InChI=1S/C14H10FIN2O3/c15-8-4-3-7-11(12(8)13(19)20)18-14(21)17-10-6-2-1-5-9(10)16/h1-7H,(H,19,20)(H2,17,18,21). The number of carbonyl (C=O) groups is 2. The average molecular weight is 400 g/mol. The fourth-order valence-electron chi connectivity index (χ4n) is 1.68. The van der Waals surface area contributed by atoms with E-state index < -0.39 is 23.4 Å². The van der Waals surface area contributed by atoms with Crippen molar-refractivity contribution in [2.75, 3.05) is 10.6 Å². The SMILES string of the molecule is O=C(Nc1ccccc1I)Nc1cccc(F)c1C(=O)O. The summed E-state index contributed by atoms with van der Waals surface area (Å²) in [5, 5.41) is 13.9. The highest BCUT2D eigenvalue weighted by Crippen LogP contribution is 2.20. The summed E-state index contributed by atoms with van der Waals surface area (Å²) < 4.78 is 14.3. The maximum atomic E-state index is 13.5. The maximum Gasteiger partial charge on any atom is 0.340 e. The van der Waals surface area contributed by atoms with Crippen molar-refractivity contribution >= 4 is 46.0 Å². The number of hydrogen-bond donors (Lipinski definition) is 3. The van der Waals surface area contributed by atoms with Gasteiger partial charge in [-0.25, -0.2) is 14.0 Å². The molecule has 2 aromatic carbocycles. The lowest BCUT2D eigenvalue weighted by Crippen LogP contribution is -2.22. The molecule has 0 fully saturated rings. The fraction of sp³-hybridized carbons (Fsp3) is 0. The first-order chi connectivity index (χ1) is 9.99. The highest BCUT2D eigenvalue weighted by atomic mass is 127. The summed E-state index contributed by atoms with van der Waals surface area (Å²) in [4.78, 5) is 22.9. The molecule has 2 amide bonds. The molecule has 0 aromatic heterocycles. The molecule has 0 unspecified atom stereocenters. The second-order valence-corrected chi connectivity index (χ2v) is 5.19. The molecular formula is C14H10FIN2O3. The van der Waals surface area contributed by atoms with E-state index in [4.69, 9.17) is 5.11 Å². The van der Waals surface area contributed by atoms with Crippen LogP contribution < -0.4 is 10.6 Å². The first-order valence-electron chi connectivity index (χ1n) is 5.83. The van der Waals surface area contributed by atoms with Crippen molar-refractivity contribution in [1.29, 1.82) is 0 Å². The third-order valence-electron chi connectivity index (χ3n) is 2.60. The summed E-state index contributed by atoms with van der Waals surface area (Å²) in [7, 11) is 0. The lowest BCUT2D eigenvalue weighted by atomic mass is 10.1. The van der Waals surface area contributed by atoms with E-state index in [0.29, 0.717) is 5.69 Å². The summed E-state index contributed by atoms with van der Waals surface area (Å²) in [5.74, 6) is -2.35. The first-order valence-corrected chi connectivity index (χ1v) is 6.91. The summed E-state index contributed by atoms with van der Waals surface area (Å²) in [6.07, 6.45) is 0. The summed E-state index contributed by atoms with van der Waals surface area (Å²) in [5.41, 5.74) is -0.106. The van der Waals surface area contributed by atoms with Crippen molar-refractivity contribution < 1.29 is 19.1 Å². The van der Waals surface area contributed by atoms with E-state index in [2.05, 4.69) is 33.2 Å². The van der Waals surface area contributed by atoms with Crippen LogP contribution in [0.4, 0.5) is 20.6 Å². The van der Waals surface area contributed by atoms with Crippen molar-refractivity contribution in [3.05, 3.63) is 57.4 Å². The number of halogens is 2. The Labute approximate surface area is 133 Å². The Hall–Kier alpha value is -2.16. The molecule has 0 atom stereocenters. The lowest BCUT2D eigenvalue weighted by molar-refractivity contribution is 0.0693. The summed E-state index contributed by atoms with van der Waals surface area (Å²) in [6.45, 7) is 0. The predicted octanol–water partition coefficient (Wildman–Crippen LogP) is 3.77. The third kappa shape index (κ3) is 3.69. The van der Waals surface area contributed by atoms with Crippen molar-refractivity contribution in [3.63, 3.8) is 0 Å². The Morgan fingerprint density at radius 3 is 2.29 bits per heavy atom. The van der Waals surface area contributed by atoms with Gasteiger partial charge in [0.15, 0.2) is 0 Å². The van der Waals surface area contributed by atoms with E-state index in [-0.39, 0.29) is 5.69 Å². The Kier molecular flexibility index (Phi) is 4.73. The van der Waals surface area contributed by atoms with Gasteiger partial charge < -0.3 is 15.7 Å². The van der Waals surface area contributed by atoms with Crippen LogP contribution in [0, 0.1) is 9.39 Å². The normalized spacial score (nSPS) is 10.0. The molecule has 2 aromatic rings. The Bertz CT molecular complexity index is 706. The minimum absolute atomic E-state index is 0.106. The zero-order chi connectivity index (χ0) is 15.4. The number of aromatic carboxylic acids is 1. The number of carbonyl (C=O) groups excluding carboxylic acids is 1. The summed E-state index contributed by atoms with van der Waals surface area (Å²) >= 11 is 2.05. The van der Waals surface area contributed by atoms with Gasteiger partial charge in [-0.2, -0.15) is 0 Å². The molecule has 0 aliphatic heterocycles. The molecule has 0 radical (unpaired) electrons. The van der Waals surface area contributed by atoms with E-state index in [9.17, 15) is 14.0 Å². The van der Waals surface area contributed by atoms with Gasteiger partial charge in [0, 0.05) is 3.57 Å². The van der Waals surface area contributed by atoms with Gasteiger partial charge in [0.25, 0.3) is 0 Å². The number of para-hydroxylation sites is 1. The van der Waals surface area contributed by atoms with Crippen LogP contribution >= 0.6 is 22.6 Å². The van der Waals surface area contributed by atoms with Crippen LogP contribution in [0.15, 0.2) is 42.5 Å². The van der Waals surface area contributed by atoms with Crippen LogP contribution in [-0.2, 0) is 0 Å². The minimum atomic E-state index is -1.45. The number of benzene rings is 2. The number of nitrogens with one attached hydrogen (secondary N) is 2. The topological polar surface area (TPSA) is 78.4 Å². The van der Waals surface area contributed by atoms with Gasteiger partial charge in [0.05, 0.1) is 11.4 Å². The van der Waals surface area contributed by atoms with Crippen LogP contribution in [-0.4, -0.2) is 17.1 Å². The monoisotopic (exact) mass is 400 g/mol. The van der Waals surface area contributed by atoms with E-state index >= 15 is 0 Å². The molecule has 0 saturated carbocycles. The molecule has 0 saturated heterocycles. The Morgan fingerprint density at radius 1 is 1.00 bits per heavy atom. The molecule has 3 N–H and O–H groups in total. The van der Waals surface area contributed by atoms with Gasteiger partial charge in [-0.15, -0.1) is 0 Å². The Balaban J connectivity index is 2.19. The van der Waals surface area contributed by atoms with Gasteiger partial charge in [0.2, 0.25) is 0 Å². The van der Waals surface area contributed by atoms with Gasteiger partial charge >= 0.3 is 12.0 Å². The van der Waals surface area contributed by atoms with Gasteiger partial charge in [-0.3, -0.25) is 0 Å². The lowest BCUT2D eigenvalue weighted by Gasteiger charge is -2.11. The van der Waals surface area contributed by atoms with E-state index in [1.807, 2.05) is 6.07 Å². The molecule has 0 aliphatic carbocycles. The second-order valence-electron chi connectivity index (χ2n) is 4.03. The molecular weight excluding hydrogens is 390 g/mol. The van der Waals surface area contributed by atoms with E-state index in [1.54, 1.807) is 18.2 Å². The molecule has 21 heavy (non-hydrogen) atoms. The number of rotatable bonds is 3. The largest absolute Gasteiger partial charge is 0.478 e. The fourth-order valence-corrected chi connectivity index (χ4v) is 2.21. The quantitative estimate of drug-likeness (QED) is 0.687. The van der Waals surface area contributed by atoms with Crippen molar-refractivity contribution in [2.24, 2.45) is 0 Å². The van der Waals surface area contributed by atoms with Crippen LogP contribution in [0.2, 0.25) is 0 Å². The molecule has 0 spiro atoms. The predicted molar refractivity (Wildman–Crippen MR) is 85.2 cm³/mol. The number of amides is 2. The number of carboxylic acid groups (broad SMARTS) is 1. The number of carboxylic acids is 1. The van der Waals surface area contributed by atoms with Crippen molar-refractivity contribution in [2.45, 2.75) is 0 Å². The van der Waals surface area contributed by atoms with Crippen LogP contribution in [0.5, 0.6) is 0 Å². The van der Waals surface area contributed by atoms with Crippen LogP contribution in [0.1, 0.15) is 10.4 Å². The molecule has 0 bridgehead atoms. The zero-order valence-electron chi connectivity index (χ0n) is 10.6. The number of hydrogen-bond acceptors (Lipinski definition) is 2. The van der Waals surface area contributed by atoms with Crippen molar-refractivity contribution in [3.8, 4) is 0 Å². The van der Waals surface area contributed by atoms with Gasteiger partial charge in [0.1, 0.15) is 11.4 Å². The average Bonchev–Trinajstić information content (AvgIpc) is 2.41.